The lowest BCUT2D eigenvalue weighted by Crippen LogP contribution is -2.38. The second kappa shape index (κ2) is 7.44. The standard InChI is InChI=1S/C17H26N2O/c1-3-18(4-2)16-12-13-19(14-16)17(20)11-10-15-8-6-5-7-9-15/h5-9,16H,3-4,10-14H2,1-2H3. The molecular weight excluding hydrogens is 248 g/mol. The van der Waals surface area contributed by atoms with Crippen molar-refractivity contribution in [2.24, 2.45) is 0 Å². The van der Waals surface area contributed by atoms with Crippen molar-refractivity contribution >= 4 is 5.91 Å². The highest BCUT2D eigenvalue weighted by Crippen LogP contribution is 2.17. The predicted octanol–water partition coefficient (Wildman–Crippen LogP) is 2.56. The maximum atomic E-state index is 12.3. The summed E-state index contributed by atoms with van der Waals surface area (Å²) in [6.07, 6.45) is 2.61. The monoisotopic (exact) mass is 274 g/mol. The smallest absolute Gasteiger partial charge is 0.222 e. The second-order valence-electron chi connectivity index (χ2n) is 5.49. The summed E-state index contributed by atoms with van der Waals surface area (Å²) in [6, 6.07) is 10.8. The van der Waals surface area contributed by atoms with Crippen LogP contribution in [0.2, 0.25) is 0 Å². The Bertz CT molecular complexity index is 414. The highest BCUT2D eigenvalue weighted by Gasteiger charge is 2.28. The van der Waals surface area contributed by atoms with Gasteiger partial charge in [0.2, 0.25) is 5.91 Å². The molecule has 1 amide bonds. The zero-order valence-electron chi connectivity index (χ0n) is 12.7. The molecule has 0 radical (unpaired) electrons. The SMILES string of the molecule is CCN(CC)C1CCN(C(=O)CCc2ccccc2)C1. The maximum Gasteiger partial charge on any atom is 0.222 e. The molecule has 0 aromatic heterocycles. The van der Waals surface area contributed by atoms with Crippen LogP contribution in [0.5, 0.6) is 0 Å². The van der Waals surface area contributed by atoms with Gasteiger partial charge < -0.3 is 4.90 Å². The van der Waals surface area contributed by atoms with Gasteiger partial charge in [0.25, 0.3) is 0 Å². The average Bonchev–Trinajstić information content (AvgIpc) is 2.97. The van der Waals surface area contributed by atoms with Gasteiger partial charge in [0.1, 0.15) is 0 Å². The number of benzene rings is 1. The fourth-order valence-electron chi connectivity index (χ4n) is 3.06. The number of carbonyl (C=O) groups excluding carboxylic acids is 1. The summed E-state index contributed by atoms with van der Waals surface area (Å²) in [7, 11) is 0. The summed E-state index contributed by atoms with van der Waals surface area (Å²) in [5.41, 5.74) is 1.25. The van der Waals surface area contributed by atoms with E-state index in [-0.39, 0.29) is 0 Å². The molecule has 1 saturated heterocycles. The molecule has 0 aliphatic carbocycles. The Hall–Kier alpha value is -1.35. The average molecular weight is 274 g/mol. The number of rotatable bonds is 6. The van der Waals surface area contributed by atoms with Gasteiger partial charge in [-0.1, -0.05) is 44.2 Å². The summed E-state index contributed by atoms with van der Waals surface area (Å²) in [5, 5.41) is 0. The number of carbonyl (C=O) groups is 1. The molecule has 1 fully saturated rings. The van der Waals surface area contributed by atoms with Crippen molar-refractivity contribution in [3.05, 3.63) is 35.9 Å². The third-order valence-electron chi connectivity index (χ3n) is 4.32. The molecule has 0 bridgehead atoms. The van der Waals surface area contributed by atoms with Gasteiger partial charge in [-0.15, -0.1) is 0 Å². The summed E-state index contributed by atoms with van der Waals surface area (Å²) in [4.78, 5) is 16.8. The molecule has 1 aromatic carbocycles. The first-order valence-electron chi connectivity index (χ1n) is 7.80. The Balaban J connectivity index is 1.79. The Kier molecular flexibility index (Phi) is 5.60. The fraction of sp³-hybridized carbons (Fsp3) is 0.588. The Morgan fingerprint density at radius 3 is 2.60 bits per heavy atom. The molecule has 3 nitrogen and oxygen atoms in total. The predicted molar refractivity (Wildman–Crippen MR) is 82.7 cm³/mol. The quantitative estimate of drug-likeness (QED) is 0.796. The molecule has 0 spiro atoms. The summed E-state index contributed by atoms with van der Waals surface area (Å²) in [5.74, 6) is 0.309. The fourth-order valence-corrected chi connectivity index (χ4v) is 3.06. The zero-order valence-corrected chi connectivity index (χ0v) is 12.7. The minimum absolute atomic E-state index is 0.309. The molecule has 1 aliphatic rings. The Morgan fingerprint density at radius 1 is 1.25 bits per heavy atom. The number of likely N-dealkylation sites (N-methyl/N-ethyl adjacent to an activating group) is 1. The number of likely N-dealkylation sites (tertiary alicyclic amines) is 1. The van der Waals surface area contributed by atoms with Gasteiger partial charge in [-0.3, -0.25) is 9.69 Å². The third kappa shape index (κ3) is 3.83. The van der Waals surface area contributed by atoms with E-state index in [0.717, 1.165) is 39.0 Å². The highest BCUT2D eigenvalue weighted by atomic mass is 16.2. The van der Waals surface area contributed by atoms with Gasteiger partial charge in [0.05, 0.1) is 0 Å². The normalized spacial score (nSPS) is 18.8. The van der Waals surface area contributed by atoms with Gasteiger partial charge in [0.15, 0.2) is 0 Å². The van der Waals surface area contributed by atoms with E-state index < -0.39 is 0 Å². The molecule has 1 aromatic rings. The van der Waals surface area contributed by atoms with Crippen LogP contribution in [0.4, 0.5) is 0 Å². The number of nitrogens with zero attached hydrogens (tertiary/aromatic N) is 2. The zero-order chi connectivity index (χ0) is 14.4. The van der Waals surface area contributed by atoms with Gasteiger partial charge in [-0.25, -0.2) is 0 Å². The van der Waals surface area contributed by atoms with E-state index in [1.807, 2.05) is 23.1 Å². The van der Waals surface area contributed by atoms with Crippen LogP contribution in [-0.2, 0) is 11.2 Å². The van der Waals surface area contributed by atoms with Gasteiger partial charge >= 0.3 is 0 Å². The number of aryl methyl sites for hydroxylation is 1. The first-order chi connectivity index (χ1) is 9.74. The molecule has 1 aliphatic heterocycles. The molecule has 0 saturated carbocycles. The van der Waals surface area contributed by atoms with Crippen LogP contribution in [-0.4, -0.2) is 47.9 Å². The Labute approximate surface area is 122 Å². The van der Waals surface area contributed by atoms with Crippen molar-refractivity contribution < 1.29 is 4.79 Å². The van der Waals surface area contributed by atoms with Crippen molar-refractivity contribution in [1.82, 2.24) is 9.80 Å². The van der Waals surface area contributed by atoms with Crippen LogP contribution >= 0.6 is 0 Å². The minimum Gasteiger partial charge on any atom is -0.341 e. The van der Waals surface area contributed by atoms with E-state index in [0.29, 0.717) is 18.4 Å². The van der Waals surface area contributed by atoms with E-state index in [1.165, 1.54) is 5.56 Å². The maximum absolute atomic E-state index is 12.3. The Morgan fingerprint density at radius 2 is 1.95 bits per heavy atom. The first-order valence-corrected chi connectivity index (χ1v) is 7.80. The third-order valence-corrected chi connectivity index (χ3v) is 4.32. The van der Waals surface area contributed by atoms with E-state index >= 15 is 0 Å². The number of amides is 1. The van der Waals surface area contributed by atoms with Crippen LogP contribution < -0.4 is 0 Å². The van der Waals surface area contributed by atoms with Crippen molar-refractivity contribution in [3.63, 3.8) is 0 Å². The molecule has 3 heteroatoms. The van der Waals surface area contributed by atoms with E-state index in [2.05, 4.69) is 30.9 Å². The van der Waals surface area contributed by atoms with Crippen LogP contribution in [0.3, 0.4) is 0 Å². The molecule has 110 valence electrons. The van der Waals surface area contributed by atoms with Gasteiger partial charge in [-0.2, -0.15) is 0 Å². The second-order valence-corrected chi connectivity index (χ2v) is 5.49. The molecular formula is C17H26N2O. The molecule has 1 heterocycles. The van der Waals surface area contributed by atoms with Crippen LogP contribution in [0.15, 0.2) is 30.3 Å². The van der Waals surface area contributed by atoms with E-state index in [9.17, 15) is 4.79 Å². The summed E-state index contributed by atoms with van der Waals surface area (Å²) >= 11 is 0. The van der Waals surface area contributed by atoms with Crippen LogP contribution in [0.25, 0.3) is 0 Å². The summed E-state index contributed by atoms with van der Waals surface area (Å²) < 4.78 is 0. The number of hydrogen-bond acceptors (Lipinski definition) is 2. The molecule has 0 N–H and O–H groups in total. The lowest BCUT2D eigenvalue weighted by atomic mass is 10.1. The van der Waals surface area contributed by atoms with Gasteiger partial charge in [-0.05, 0) is 31.5 Å². The lowest BCUT2D eigenvalue weighted by Gasteiger charge is -2.26. The van der Waals surface area contributed by atoms with Crippen molar-refractivity contribution in [3.8, 4) is 0 Å². The van der Waals surface area contributed by atoms with Gasteiger partial charge in [0, 0.05) is 25.6 Å². The molecule has 1 atom stereocenters. The van der Waals surface area contributed by atoms with Crippen LogP contribution in [0.1, 0.15) is 32.3 Å². The largest absolute Gasteiger partial charge is 0.341 e. The molecule has 2 rings (SSSR count). The number of hydrogen-bond donors (Lipinski definition) is 0. The molecule has 20 heavy (non-hydrogen) atoms. The highest BCUT2D eigenvalue weighted by molar-refractivity contribution is 5.76. The minimum atomic E-state index is 0.309. The lowest BCUT2D eigenvalue weighted by molar-refractivity contribution is -0.130. The van der Waals surface area contributed by atoms with E-state index in [4.69, 9.17) is 0 Å². The first kappa shape index (κ1) is 15.0. The van der Waals surface area contributed by atoms with Crippen molar-refractivity contribution in [1.29, 1.82) is 0 Å². The van der Waals surface area contributed by atoms with Crippen molar-refractivity contribution in [2.45, 2.75) is 39.2 Å². The van der Waals surface area contributed by atoms with Crippen molar-refractivity contribution in [2.75, 3.05) is 26.2 Å². The van der Waals surface area contributed by atoms with E-state index in [1.54, 1.807) is 0 Å². The molecule has 1 unspecified atom stereocenters. The summed E-state index contributed by atoms with van der Waals surface area (Å²) in [6.45, 7) is 8.39. The topological polar surface area (TPSA) is 23.6 Å². The van der Waals surface area contributed by atoms with Crippen LogP contribution in [0, 0.1) is 0 Å².